The molecular formula is C18H23F3N7O4+. The van der Waals surface area contributed by atoms with E-state index in [-0.39, 0.29) is 29.8 Å². The van der Waals surface area contributed by atoms with E-state index in [0.717, 1.165) is 6.07 Å². The molecule has 1 saturated heterocycles. The van der Waals surface area contributed by atoms with Crippen molar-refractivity contribution in [3.05, 3.63) is 29.8 Å². The third-order valence-electron chi connectivity index (χ3n) is 5.82. The number of nitrogens with zero attached hydrogens (tertiary/aromatic N) is 2. The van der Waals surface area contributed by atoms with Crippen molar-refractivity contribution in [3.8, 4) is 5.75 Å². The molecule has 14 heteroatoms. The Morgan fingerprint density at radius 1 is 1.44 bits per heavy atom. The molecule has 11 nitrogen and oxygen atoms in total. The molecule has 0 aliphatic carbocycles. The molecule has 3 heterocycles. The van der Waals surface area contributed by atoms with Crippen LogP contribution in [0.5, 0.6) is 5.75 Å². The number of hydrogen-bond donors (Lipinski definition) is 7. The van der Waals surface area contributed by atoms with Crippen LogP contribution in [0.2, 0.25) is 0 Å². The van der Waals surface area contributed by atoms with Crippen LogP contribution in [-0.4, -0.2) is 81.8 Å². The molecule has 3 aliphatic rings. The molecule has 4 atom stereocenters. The quantitative estimate of drug-likeness (QED) is 0.228. The Morgan fingerprint density at radius 3 is 2.84 bits per heavy atom. The van der Waals surface area contributed by atoms with Crippen molar-refractivity contribution < 1.29 is 37.9 Å². The summed E-state index contributed by atoms with van der Waals surface area (Å²) >= 11 is 0. The van der Waals surface area contributed by atoms with Gasteiger partial charge in [-0.1, -0.05) is 6.07 Å². The summed E-state index contributed by atoms with van der Waals surface area (Å²) in [5.74, 6) is -3.35. The number of amides is 1. The fourth-order valence-corrected chi connectivity index (χ4v) is 4.44. The number of hydrogen-bond acceptors (Lipinski definition) is 9. The Morgan fingerprint density at radius 2 is 2.16 bits per heavy atom. The monoisotopic (exact) mass is 458 g/mol. The molecule has 4 rings (SSSR count). The highest BCUT2D eigenvalue weighted by molar-refractivity contribution is 5.95. The van der Waals surface area contributed by atoms with Gasteiger partial charge in [0, 0.05) is 5.56 Å². The van der Waals surface area contributed by atoms with Crippen molar-refractivity contribution in [1.82, 2.24) is 15.5 Å². The Kier molecular flexibility index (Phi) is 4.89. The van der Waals surface area contributed by atoms with Gasteiger partial charge in [0.1, 0.15) is 11.8 Å². The van der Waals surface area contributed by atoms with E-state index in [0.29, 0.717) is 0 Å². The van der Waals surface area contributed by atoms with Crippen LogP contribution in [0.25, 0.3) is 0 Å². The average Bonchev–Trinajstić information content (AvgIpc) is 3.16. The summed E-state index contributed by atoms with van der Waals surface area (Å²) in [6, 6.07) is 2.70. The predicted octanol–water partition coefficient (Wildman–Crippen LogP) is -3.50. The molecule has 0 aromatic heterocycles. The zero-order valence-electron chi connectivity index (χ0n) is 16.8. The van der Waals surface area contributed by atoms with Gasteiger partial charge in [0.05, 0.1) is 12.6 Å². The van der Waals surface area contributed by atoms with Crippen molar-refractivity contribution in [1.29, 1.82) is 0 Å². The number of guanidine groups is 2. The first kappa shape index (κ1) is 22.0. The number of rotatable bonds is 4. The zero-order valence-corrected chi connectivity index (χ0v) is 16.8. The number of nitrogens with one attached hydrogen (secondary N) is 3. The van der Waals surface area contributed by atoms with Gasteiger partial charge in [-0.05, 0) is 25.1 Å². The van der Waals surface area contributed by atoms with Crippen molar-refractivity contribution >= 4 is 17.8 Å². The molecule has 174 valence electrons. The molecule has 1 amide bonds. The topological polar surface area (TPSA) is 172 Å². The van der Waals surface area contributed by atoms with Crippen LogP contribution in [0.4, 0.5) is 13.2 Å². The zero-order chi connectivity index (χ0) is 23.5. The summed E-state index contributed by atoms with van der Waals surface area (Å²) in [4.78, 5) is 21.4. The first-order chi connectivity index (χ1) is 14.8. The van der Waals surface area contributed by atoms with Gasteiger partial charge in [-0.2, -0.15) is 13.2 Å². The van der Waals surface area contributed by atoms with E-state index in [9.17, 15) is 28.2 Å². The second kappa shape index (κ2) is 7.13. The number of aliphatic hydroxyl groups is 2. The molecule has 0 bridgehead atoms. The standard InChI is InChI=1S/C18H22F3N7O4/c1-8-12-17(27-14(22)26-12)18(30,31)11(6-28(17)15(23)24-8)25-13(29)9-3-2-4-10(5-9)32-7-16(19,20)21/h2-5,8,11-12,30-31H,6-7H2,1H3,(H2,23,24)(H,25,29)(H3,22,26,27)/p+1/t8-,11-,12-,17-/m0/s1. The van der Waals surface area contributed by atoms with Crippen LogP contribution in [0, 0.1) is 0 Å². The molecule has 1 aromatic carbocycles. The maximum Gasteiger partial charge on any atom is 0.422 e. The summed E-state index contributed by atoms with van der Waals surface area (Å²) in [6.45, 7) is 0.0885. The fourth-order valence-electron chi connectivity index (χ4n) is 4.44. The smallest absolute Gasteiger partial charge is 0.422 e. The highest BCUT2D eigenvalue weighted by atomic mass is 19.4. The van der Waals surface area contributed by atoms with E-state index >= 15 is 0 Å². The maximum atomic E-state index is 12.8. The van der Waals surface area contributed by atoms with Crippen LogP contribution in [-0.2, 0) is 0 Å². The lowest BCUT2D eigenvalue weighted by atomic mass is 9.85. The Labute approximate surface area is 179 Å². The van der Waals surface area contributed by atoms with Gasteiger partial charge in [0.15, 0.2) is 18.6 Å². The minimum Gasteiger partial charge on any atom is -0.484 e. The number of halogens is 3. The van der Waals surface area contributed by atoms with E-state index in [1.807, 2.05) is 0 Å². The number of carbonyl (C=O) groups is 1. The number of carbonyl (C=O) groups excluding carboxylic acids is 1. The maximum absolute atomic E-state index is 12.8. The first-order valence-corrected chi connectivity index (χ1v) is 9.68. The Bertz CT molecular complexity index is 999. The number of alkyl halides is 3. The van der Waals surface area contributed by atoms with Crippen LogP contribution in [0.3, 0.4) is 0 Å². The number of nitrogens with two attached hydrogens (primary N) is 2. The van der Waals surface area contributed by atoms with Crippen molar-refractivity contribution in [2.75, 3.05) is 13.2 Å². The molecule has 32 heavy (non-hydrogen) atoms. The van der Waals surface area contributed by atoms with E-state index in [4.69, 9.17) is 11.5 Å². The van der Waals surface area contributed by atoms with Gasteiger partial charge in [-0.3, -0.25) is 20.4 Å². The molecule has 1 aromatic rings. The van der Waals surface area contributed by atoms with Gasteiger partial charge in [-0.15, -0.1) is 0 Å². The first-order valence-electron chi connectivity index (χ1n) is 9.68. The second-order valence-corrected chi connectivity index (χ2v) is 7.95. The molecule has 1 fully saturated rings. The number of benzene rings is 1. The largest absolute Gasteiger partial charge is 0.484 e. The lowest BCUT2D eigenvalue weighted by molar-refractivity contribution is -0.521. The third kappa shape index (κ3) is 3.35. The average molecular weight is 458 g/mol. The minimum atomic E-state index is -4.53. The predicted molar refractivity (Wildman–Crippen MR) is 104 cm³/mol. The molecule has 0 radical (unpaired) electrons. The van der Waals surface area contributed by atoms with E-state index < -0.39 is 48.3 Å². The van der Waals surface area contributed by atoms with Gasteiger partial charge in [0.2, 0.25) is 5.79 Å². The van der Waals surface area contributed by atoms with Crippen molar-refractivity contribution in [3.63, 3.8) is 0 Å². The normalized spacial score (nSPS) is 30.6. The van der Waals surface area contributed by atoms with Gasteiger partial charge in [-0.25, -0.2) is 10.3 Å². The van der Waals surface area contributed by atoms with E-state index in [1.165, 1.54) is 23.1 Å². The van der Waals surface area contributed by atoms with Crippen molar-refractivity contribution in [2.45, 2.75) is 42.7 Å². The Hall–Kier alpha value is -3.26. The highest BCUT2D eigenvalue weighted by Crippen LogP contribution is 2.41. The van der Waals surface area contributed by atoms with Gasteiger partial charge in [0.25, 0.3) is 11.6 Å². The van der Waals surface area contributed by atoms with Crippen molar-refractivity contribution in [2.24, 2.45) is 16.5 Å². The summed E-state index contributed by atoms with van der Waals surface area (Å²) in [5, 5.41) is 27.7. The molecule has 0 unspecified atom stereocenters. The van der Waals surface area contributed by atoms with Crippen LogP contribution >= 0.6 is 0 Å². The fraction of sp³-hybridized carbons (Fsp3) is 0.500. The van der Waals surface area contributed by atoms with E-state index in [1.54, 1.807) is 6.92 Å². The summed E-state index contributed by atoms with van der Waals surface area (Å²) in [6.07, 6.45) is -4.53. The molecule has 0 saturated carbocycles. The summed E-state index contributed by atoms with van der Waals surface area (Å²) in [5.41, 5.74) is 10.3. The number of ether oxygens (including phenoxy) is 1. The van der Waals surface area contributed by atoms with Crippen LogP contribution in [0.1, 0.15) is 17.3 Å². The molecule has 3 aliphatic heterocycles. The SMILES string of the molecule is C[C@@H]1N=C(N)N2C[C@H](NC(=O)c3cccc(OCC(F)(F)F)c3)C(O)(O)[C@@]23NC(N)=[NH+][C@@H]13. The van der Waals surface area contributed by atoms with E-state index in [2.05, 4.69) is 25.4 Å². The van der Waals surface area contributed by atoms with Gasteiger partial charge < -0.3 is 26.0 Å². The lowest BCUT2D eigenvalue weighted by Gasteiger charge is -2.45. The lowest BCUT2D eigenvalue weighted by Crippen LogP contribution is -2.89. The highest BCUT2D eigenvalue weighted by Gasteiger charge is 2.75. The third-order valence-corrected chi connectivity index (χ3v) is 5.82. The van der Waals surface area contributed by atoms with Crippen LogP contribution in [0.15, 0.2) is 29.3 Å². The Balaban J connectivity index is 1.56. The van der Waals surface area contributed by atoms with Crippen LogP contribution < -0.4 is 31.8 Å². The molecule has 9 N–H and O–H groups in total. The second-order valence-electron chi connectivity index (χ2n) is 7.95. The molecule has 1 spiro atoms. The summed E-state index contributed by atoms with van der Waals surface area (Å²) in [7, 11) is 0. The summed E-state index contributed by atoms with van der Waals surface area (Å²) < 4.78 is 41.8. The minimum absolute atomic E-state index is 0.0296. The molecular weight excluding hydrogens is 435 g/mol. The number of aliphatic imine (C=N–C) groups is 1. The van der Waals surface area contributed by atoms with Gasteiger partial charge >= 0.3 is 12.1 Å².